The van der Waals surface area contributed by atoms with Gasteiger partial charge in [0.25, 0.3) is 0 Å². The quantitative estimate of drug-likeness (QED) is 0.592. The van der Waals surface area contributed by atoms with Crippen molar-refractivity contribution in [3.8, 4) is 11.3 Å². The molecule has 8 nitrogen and oxygen atoms in total. The van der Waals surface area contributed by atoms with Crippen LogP contribution in [0.4, 0.5) is 5.69 Å². The van der Waals surface area contributed by atoms with E-state index in [0.29, 0.717) is 30.3 Å². The van der Waals surface area contributed by atoms with E-state index >= 15 is 0 Å². The maximum atomic E-state index is 12.1. The Balaban J connectivity index is 1.73. The van der Waals surface area contributed by atoms with Gasteiger partial charge in [-0.15, -0.1) is 0 Å². The first-order valence-electron chi connectivity index (χ1n) is 10.5. The highest BCUT2D eigenvalue weighted by molar-refractivity contribution is 7.92. The molecule has 1 saturated heterocycles. The lowest BCUT2D eigenvalue weighted by molar-refractivity contribution is -0.130. The summed E-state index contributed by atoms with van der Waals surface area (Å²) in [5.74, 6) is 0.0901. The first kappa shape index (κ1) is 22.6. The molecular weight excluding hydrogens is 450 g/mol. The Labute approximate surface area is 192 Å². The lowest BCUT2D eigenvalue weighted by atomic mass is 10.1. The topological polar surface area (TPSA) is 87.0 Å². The van der Waals surface area contributed by atoms with Crippen LogP contribution in [0.2, 0.25) is 5.02 Å². The van der Waals surface area contributed by atoms with Gasteiger partial charge in [0.05, 0.1) is 22.8 Å². The molecule has 1 aromatic carbocycles. The normalized spacial score (nSPS) is 15.3. The highest BCUT2D eigenvalue weighted by atomic mass is 35.5. The van der Waals surface area contributed by atoms with Gasteiger partial charge in [0.1, 0.15) is 5.65 Å². The van der Waals surface area contributed by atoms with Crippen molar-refractivity contribution in [2.75, 3.05) is 36.7 Å². The molecule has 0 saturated carbocycles. The van der Waals surface area contributed by atoms with Crippen molar-refractivity contribution in [1.29, 1.82) is 0 Å². The molecule has 2 aromatic heterocycles. The molecule has 1 aliphatic heterocycles. The first-order valence-corrected chi connectivity index (χ1v) is 12.5. The number of benzene rings is 1. The lowest BCUT2D eigenvalue weighted by Gasteiger charge is -2.34. The van der Waals surface area contributed by atoms with Crippen molar-refractivity contribution in [2.45, 2.75) is 20.4 Å². The van der Waals surface area contributed by atoms with Crippen LogP contribution in [0.5, 0.6) is 0 Å². The minimum atomic E-state index is -3.39. The predicted octanol–water partition coefficient (Wildman–Crippen LogP) is 3.08. The van der Waals surface area contributed by atoms with Crippen molar-refractivity contribution >= 4 is 38.9 Å². The molecule has 0 spiro atoms. The monoisotopic (exact) mass is 475 g/mol. The maximum Gasteiger partial charge on any atom is 0.232 e. The van der Waals surface area contributed by atoms with E-state index in [1.807, 2.05) is 39.6 Å². The number of carbonyl (C=O) groups is 1. The van der Waals surface area contributed by atoms with E-state index in [4.69, 9.17) is 16.6 Å². The number of imidazole rings is 1. The molecule has 10 heteroatoms. The predicted molar refractivity (Wildman–Crippen MR) is 126 cm³/mol. The molecule has 0 bridgehead atoms. The second-order valence-corrected chi connectivity index (χ2v) is 10.3. The van der Waals surface area contributed by atoms with E-state index in [1.54, 1.807) is 26.1 Å². The Morgan fingerprint density at radius 3 is 2.41 bits per heavy atom. The SMILES string of the molecule is CCS(=O)(=O)Nc1ccc2nc(-c3ccc(Cl)cc3)c(CN3CCN(C(C)=O)CC3)n2c1. The van der Waals surface area contributed by atoms with Crippen LogP contribution < -0.4 is 4.72 Å². The minimum Gasteiger partial charge on any atom is -0.340 e. The molecule has 0 unspecified atom stereocenters. The van der Waals surface area contributed by atoms with Crippen LogP contribution in [0.3, 0.4) is 0 Å². The molecule has 1 amide bonds. The average molecular weight is 476 g/mol. The highest BCUT2D eigenvalue weighted by Gasteiger charge is 2.22. The number of piperazine rings is 1. The zero-order chi connectivity index (χ0) is 22.9. The van der Waals surface area contributed by atoms with Gasteiger partial charge in [-0.25, -0.2) is 13.4 Å². The standard InChI is InChI=1S/C22H26ClN5O3S/c1-3-32(30,31)25-19-8-9-21-24-22(17-4-6-18(23)7-5-17)20(28(21)14-19)15-26-10-12-27(13-11-26)16(2)29/h4-9,14,25H,3,10-13,15H2,1-2H3. The Morgan fingerprint density at radius 1 is 1.09 bits per heavy atom. The number of rotatable bonds is 6. The third-order valence-corrected chi connectivity index (χ3v) is 7.24. The summed E-state index contributed by atoms with van der Waals surface area (Å²) in [5, 5.41) is 0.649. The molecule has 1 aliphatic rings. The number of fused-ring (bicyclic) bond motifs is 1. The molecule has 3 heterocycles. The Kier molecular flexibility index (Phi) is 6.41. The second kappa shape index (κ2) is 9.09. The van der Waals surface area contributed by atoms with E-state index < -0.39 is 10.0 Å². The summed E-state index contributed by atoms with van der Waals surface area (Å²) in [6.45, 7) is 6.70. The Morgan fingerprint density at radius 2 is 1.78 bits per heavy atom. The molecule has 170 valence electrons. The molecule has 4 rings (SSSR count). The molecule has 1 fully saturated rings. The molecule has 32 heavy (non-hydrogen) atoms. The summed E-state index contributed by atoms with van der Waals surface area (Å²) >= 11 is 6.08. The fourth-order valence-corrected chi connectivity index (χ4v) is 4.58. The number of amides is 1. The van der Waals surface area contributed by atoms with Gasteiger partial charge in [0.15, 0.2) is 0 Å². The van der Waals surface area contributed by atoms with Gasteiger partial charge in [0, 0.05) is 56.4 Å². The average Bonchev–Trinajstić information content (AvgIpc) is 3.12. The number of sulfonamides is 1. The van der Waals surface area contributed by atoms with Crippen LogP contribution in [0.15, 0.2) is 42.6 Å². The summed E-state index contributed by atoms with van der Waals surface area (Å²) in [6.07, 6.45) is 1.77. The van der Waals surface area contributed by atoms with E-state index in [9.17, 15) is 13.2 Å². The number of pyridine rings is 1. The number of halogens is 1. The third-order valence-electron chi connectivity index (χ3n) is 5.68. The van der Waals surface area contributed by atoms with Gasteiger partial charge in [-0.1, -0.05) is 23.7 Å². The third kappa shape index (κ3) is 4.90. The summed E-state index contributed by atoms with van der Waals surface area (Å²) in [6, 6.07) is 11.1. The van der Waals surface area contributed by atoms with Crippen LogP contribution in [0, 0.1) is 0 Å². The number of anilines is 1. The fraction of sp³-hybridized carbons (Fsp3) is 0.364. The Bertz CT molecular complexity index is 1230. The molecule has 3 aromatic rings. The van der Waals surface area contributed by atoms with Crippen molar-refractivity contribution in [2.24, 2.45) is 0 Å². The minimum absolute atomic E-state index is 0.00171. The first-order chi connectivity index (χ1) is 15.3. The number of carbonyl (C=O) groups excluding carboxylic acids is 1. The molecule has 1 N–H and O–H groups in total. The number of hydrogen-bond acceptors (Lipinski definition) is 5. The number of hydrogen-bond donors (Lipinski definition) is 1. The van der Waals surface area contributed by atoms with E-state index in [-0.39, 0.29) is 11.7 Å². The summed E-state index contributed by atoms with van der Waals surface area (Å²) in [7, 11) is -3.39. The molecule has 0 aliphatic carbocycles. The van der Waals surface area contributed by atoms with E-state index in [0.717, 1.165) is 35.7 Å². The summed E-state index contributed by atoms with van der Waals surface area (Å²) < 4.78 is 28.7. The van der Waals surface area contributed by atoms with Crippen LogP contribution in [-0.2, 0) is 21.4 Å². The fourth-order valence-electron chi connectivity index (χ4n) is 3.83. The van der Waals surface area contributed by atoms with Gasteiger partial charge in [-0.2, -0.15) is 0 Å². The maximum absolute atomic E-state index is 12.1. The van der Waals surface area contributed by atoms with Crippen LogP contribution in [0.25, 0.3) is 16.9 Å². The number of aromatic nitrogens is 2. The second-order valence-electron chi connectivity index (χ2n) is 7.85. The van der Waals surface area contributed by atoms with E-state index in [2.05, 4.69) is 9.62 Å². The zero-order valence-corrected chi connectivity index (χ0v) is 19.7. The molecular formula is C22H26ClN5O3S. The zero-order valence-electron chi connectivity index (χ0n) is 18.1. The number of nitrogens with zero attached hydrogens (tertiary/aromatic N) is 4. The molecule has 0 radical (unpaired) electrons. The van der Waals surface area contributed by atoms with Gasteiger partial charge in [-0.3, -0.25) is 18.8 Å². The van der Waals surface area contributed by atoms with Crippen LogP contribution in [-0.4, -0.2) is 65.4 Å². The largest absolute Gasteiger partial charge is 0.340 e. The van der Waals surface area contributed by atoms with Crippen molar-refractivity contribution in [1.82, 2.24) is 19.2 Å². The van der Waals surface area contributed by atoms with Crippen LogP contribution in [0.1, 0.15) is 19.5 Å². The number of nitrogens with one attached hydrogen (secondary N) is 1. The van der Waals surface area contributed by atoms with Gasteiger partial charge in [0.2, 0.25) is 15.9 Å². The van der Waals surface area contributed by atoms with Crippen LogP contribution >= 0.6 is 11.6 Å². The van der Waals surface area contributed by atoms with Crippen molar-refractivity contribution < 1.29 is 13.2 Å². The molecule has 0 atom stereocenters. The van der Waals surface area contributed by atoms with Gasteiger partial charge >= 0.3 is 0 Å². The lowest BCUT2D eigenvalue weighted by Crippen LogP contribution is -2.47. The van der Waals surface area contributed by atoms with E-state index in [1.165, 1.54) is 0 Å². The Hall–Kier alpha value is -2.62. The highest BCUT2D eigenvalue weighted by Crippen LogP contribution is 2.28. The van der Waals surface area contributed by atoms with Crippen molar-refractivity contribution in [3.05, 3.63) is 53.3 Å². The van der Waals surface area contributed by atoms with Gasteiger partial charge < -0.3 is 4.90 Å². The van der Waals surface area contributed by atoms with Gasteiger partial charge in [-0.05, 0) is 31.2 Å². The summed E-state index contributed by atoms with van der Waals surface area (Å²) in [5.41, 5.74) is 3.93. The van der Waals surface area contributed by atoms with Crippen molar-refractivity contribution in [3.63, 3.8) is 0 Å². The smallest absolute Gasteiger partial charge is 0.232 e. The summed E-state index contributed by atoms with van der Waals surface area (Å²) in [4.78, 5) is 20.6.